The van der Waals surface area contributed by atoms with E-state index < -0.39 is 0 Å². The van der Waals surface area contributed by atoms with Gasteiger partial charge >= 0.3 is 0 Å². The maximum absolute atomic E-state index is 12.5. The van der Waals surface area contributed by atoms with Gasteiger partial charge in [-0.25, -0.2) is 14.6 Å². The average Bonchev–Trinajstić information content (AvgIpc) is 3.19. The van der Waals surface area contributed by atoms with Crippen LogP contribution in [-0.2, 0) is 17.8 Å². The molecule has 0 atom stereocenters. The summed E-state index contributed by atoms with van der Waals surface area (Å²) >= 11 is 0. The average molecular weight is 414 g/mol. The number of para-hydroxylation sites is 1. The smallest absolute Gasteiger partial charge is 0.250 e. The number of aliphatic hydroxyl groups excluding tert-OH is 1. The number of rotatable bonds is 7. The first-order chi connectivity index (χ1) is 15.1. The summed E-state index contributed by atoms with van der Waals surface area (Å²) in [5.74, 6) is 0.126. The fourth-order valence-electron chi connectivity index (χ4n) is 3.43. The third kappa shape index (κ3) is 4.01. The van der Waals surface area contributed by atoms with Crippen LogP contribution in [0.2, 0.25) is 0 Å². The molecule has 0 radical (unpaired) electrons. The maximum Gasteiger partial charge on any atom is 0.250 e. The lowest BCUT2D eigenvalue weighted by atomic mass is 10.2. The molecule has 0 saturated heterocycles. The number of benzene rings is 2. The lowest BCUT2D eigenvalue weighted by molar-refractivity contribution is -0.114. The van der Waals surface area contributed by atoms with Crippen LogP contribution < -0.4 is 10.6 Å². The van der Waals surface area contributed by atoms with Crippen molar-refractivity contribution in [1.29, 1.82) is 0 Å². The molecule has 0 unspecified atom stereocenters. The number of nitrogens with two attached hydrogens (primary N) is 1. The zero-order chi connectivity index (χ0) is 21.8. The molecule has 2 aromatic heterocycles. The second-order valence-corrected chi connectivity index (χ2v) is 6.92. The summed E-state index contributed by atoms with van der Waals surface area (Å²) < 4.78 is 1.70. The number of fused-ring (bicyclic) bond motifs is 1. The fourth-order valence-corrected chi connectivity index (χ4v) is 3.43. The predicted octanol–water partition coefficient (Wildman–Crippen LogP) is 2.65. The molecule has 3 N–H and O–H groups in total. The molecule has 0 aliphatic rings. The highest BCUT2D eigenvalue weighted by molar-refractivity contribution is 6.01. The minimum Gasteiger partial charge on any atom is -0.392 e. The Bertz CT molecular complexity index is 1220. The normalized spacial score (nSPS) is 10.9. The first kappa shape index (κ1) is 20.2. The van der Waals surface area contributed by atoms with Crippen LogP contribution in [0.4, 0.5) is 11.5 Å². The Hall–Kier alpha value is -4.04. The van der Waals surface area contributed by atoms with Crippen molar-refractivity contribution >= 4 is 28.4 Å². The molecule has 156 valence electrons. The molecular weight excluding hydrogens is 392 g/mol. The number of hydrogen-bond donors (Lipinski definition) is 2. The number of hydrogen-bond acceptors (Lipinski definition) is 6. The van der Waals surface area contributed by atoms with E-state index in [0.29, 0.717) is 35.5 Å². The van der Waals surface area contributed by atoms with Gasteiger partial charge in [0.1, 0.15) is 17.4 Å². The van der Waals surface area contributed by atoms with Gasteiger partial charge in [0.15, 0.2) is 5.82 Å². The van der Waals surface area contributed by atoms with Gasteiger partial charge in [-0.3, -0.25) is 4.79 Å². The van der Waals surface area contributed by atoms with Crippen LogP contribution in [0.15, 0.2) is 73.6 Å². The second kappa shape index (κ2) is 8.76. The Kier molecular flexibility index (Phi) is 5.72. The first-order valence-corrected chi connectivity index (χ1v) is 9.79. The summed E-state index contributed by atoms with van der Waals surface area (Å²) in [4.78, 5) is 22.6. The summed E-state index contributed by atoms with van der Waals surface area (Å²) in [6.45, 7) is 3.97. The summed E-state index contributed by atoms with van der Waals surface area (Å²) in [6.07, 6.45) is 3.17. The van der Waals surface area contributed by atoms with Crippen molar-refractivity contribution in [3.8, 4) is 5.69 Å². The van der Waals surface area contributed by atoms with Crippen molar-refractivity contribution < 1.29 is 9.90 Å². The number of aliphatic hydroxyl groups is 1. The number of anilines is 2. The van der Waals surface area contributed by atoms with Gasteiger partial charge in [-0.2, -0.15) is 5.10 Å². The van der Waals surface area contributed by atoms with Gasteiger partial charge in [-0.15, -0.1) is 0 Å². The zero-order valence-corrected chi connectivity index (χ0v) is 16.8. The lowest BCUT2D eigenvalue weighted by Crippen LogP contribution is -2.31. The van der Waals surface area contributed by atoms with Crippen molar-refractivity contribution in [1.82, 2.24) is 19.7 Å². The van der Waals surface area contributed by atoms with Crippen LogP contribution in [0, 0.1) is 0 Å². The van der Waals surface area contributed by atoms with Crippen LogP contribution in [0.25, 0.3) is 16.7 Å². The Morgan fingerprint density at radius 1 is 1.13 bits per heavy atom. The number of nitrogen functional groups attached to an aromatic ring is 1. The first-order valence-electron chi connectivity index (χ1n) is 9.79. The Morgan fingerprint density at radius 2 is 1.87 bits per heavy atom. The van der Waals surface area contributed by atoms with Crippen LogP contribution >= 0.6 is 0 Å². The van der Waals surface area contributed by atoms with Crippen LogP contribution in [0.5, 0.6) is 0 Å². The third-order valence-corrected chi connectivity index (χ3v) is 5.00. The van der Waals surface area contributed by atoms with E-state index in [-0.39, 0.29) is 12.5 Å². The number of carbonyl (C=O) groups excluding carboxylic acids is 1. The summed E-state index contributed by atoms with van der Waals surface area (Å²) in [6, 6.07) is 16.8. The maximum atomic E-state index is 12.5. The summed E-state index contributed by atoms with van der Waals surface area (Å²) in [5, 5.41) is 14.0. The molecule has 31 heavy (non-hydrogen) atoms. The SMILES string of the molecule is C=CC(=O)N(CCc1nn(-c2ccc(CO)cc2)c2c(N)ncnc12)c1ccccc1. The minimum absolute atomic E-state index is 0.0384. The van der Waals surface area contributed by atoms with E-state index in [1.54, 1.807) is 9.58 Å². The highest BCUT2D eigenvalue weighted by atomic mass is 16.3. The molecule has 0 bridgehead atoms. The van der Waals surface area contributed by atoms with E-state index in [9.17, 15) is 9.90 Å². The van der Waals surface area contributed by atoms with Crippen molar-refractivity contribution in [3.63, 3.8) is 0 Å². The largest absolute Gasteiger partial charge is 0.392 e. The highest BCUT2D eigenvalue weighted by Gasteiger charge is 2.19. The van der Waals surface area contributed by atoms with Crippen molar-refractivity contribution in [3.05, 3.63) is 84.8 Å². The minimum atomic E-state index is -0.191. The zero-order valence-electron chi connectivity index (χ0n) is 16.8. The summed E-state index contributed by atoms with van der Waals surface area (Å²) in [5.41, 5.74) is 10.5. The van der Waals surface area contributed by atoms with Crippen LogP contribution in [0.3, 0.4) is 0 Å². The standard InChI is InChI=1S/C23H22N6O2/c1-2-20(31)28(17-6-4-3-5-7-17)13-12-19-21-22(23(24)26-15-25-21)29(27-19)18-10-8-16(14-30)9-11-18/h2-11,15,30H,1,12-14H2,(H2,24,25,26). The number of aromatic nitrogens is 4. The monoisotopic (exact) mass is 414 g/mol. The molecule has 4 rings (SSSR count). The van der Waals surface area contributed by atoms with Crippen molar-refractivity contribution in [2.45, 2.75) is 13.0 Å². The topological polar surface area (TPSA) is 110 Å². The molecule has 4 aromatic rings. The third-order valence-electron chi connectivity index (χ3n) is 5.00. The molecule has 2 aromatic carbocycles. The Labute approximate surface area is 179 Å². The Balaban J connectivity index is 1.71. The van der Waals surface area contributed by atoms with Gasteiger partial charge in [0.2, 0.25) is 5.91 Å². The molecule has 8 nitrogen and oxygen atoms in total. The van der Waals surface area contributed by atoms with Crippen LogP contribution in [0.1, 0.15) is 11.3 Å². The van der Waals surface area contributed by atoms with E-state index >= 15 is 0 Å². The second-order valence-electron chi connectivity index (χ2n) is 6.92. The van der Waals surface area contributed by atoms with E-state index in [2.05, 4.69) is 16.5 Å². The van der Waals surface area contributed by atoms with Crippen molar-refractivity contribution in [2.24, 2.45) is 0 Å². The molecule has 0 spiro atoms. The molecule has 0 saturated carbocycles. The molecule has 8 heteroatoms. The molecule has 1 amide bonds. The highest BCUT2D eigenvalue weighted by Crippen LogP contribution is 2.25. The summed E-state index contributed by atoms with van der Waals surface area (Å²) in [7, 11) is 0. The lowest BCUT2D eigenvalue weighted by Gasteiger charge is -2.20. The van der Waals surface area contributed by atoms with Gasteiger partial charge in [0.25, 0.3) is 0 Å². The molecular formula is C23H22N6O2. The molecule has 0 fully saturated rings. The van der Waals surface area contributed by atoms with Gasteiger partial charge in [-0.1, -0.05) is 36.9 Å². The van der Waals surface area contributed by atoms with E-state index in [4.69, 9.17) is 10.8 Å². The van der Waals surface area contributed by atoms with Gasteiger partial charge in [-0.05, 0) is 35.9 Å². The fraction of sp³-hybridized carbons (Fsp3) is 0.130. The van der Waals surface area contributed by atoms with Gasteiger partial charge in [0.05, 0.1) is 18.0 Å². The quantitative estimate of drug-likeness (QED) is 0.450. The van der Waals surface area contributed by atoms with Crippen LogP contribution in [-0.4, -0.2) is 37.3 Å². The molecule has 0 aliphatic heterocycles. The van der Waals surface area contributed by atoms with E-state index in [1.165, 1.54) is 12.4 Å². The van der Waals surface area contributed by atoms with E-state index in [1.807, 2.05) is 54.6 Å². The van der Waals surface area contributed by atoms with Crippen molar-refractivity contribution in [2.75, 3.05) is 17.2 Å². The van der Waals surface area contributed by atoms with Gasteiger partial charge in [0, 0.05) is 18.7 Å². The predicted molar refractivity (Wildman–Crippen MR) is 120 cm³/mol. The number of carbonyl (C=O) groups is 1. The Morgan fingerprint density at radius 3 is 2.55 bits per heavy atom. The number of amides is 1. The van der Waals surface area contributed by atoms with Gasteiger partial charge < -0.3 is 15.7 Å². The molecule has 0 aliphatic carbocycles. The van der Waals surface area contributed by atoms with E-state index in [0.717, 1.165) is 16.9 Å². The number of nitrogens with zero attached hydrogens (tertiary/aromatic N) is 5. The molecule has 2 heterocycles.